The van der Waals surface area contributed by atoms with Gasteiger partial charge in [0, 0.05) is 12.6 Å². The lowest BCUT2D eigenvalue weighted by Crippen LogP contribution is -2.28. The van der Waals surface area contributed by atoms with Crippen LogP contribution >= 0.6 is 0 Å². The van der Waals surface area contributed by atoms with Gasteiger partial charge < -0.3 is 16.8 Å². The predicted octanol–water partition coefficient (Wildman–Crippen LogP) is 0.598. The smallest absolute Gasteiger partial charge is 0.231 e. The van der Waals surface area contributed by atoms with E-state index < -0.39 is 0 Å². The van der Waals surface area contributed by atoms with Gasteiger partial charge in [-0.15, -0.1) is 0 Å². The highest BCUT2D eigenvalue weighted by molar-refractivity contribution is 5.75. The van der Waals surface area contributed by atoms with Crippen LogP contribution in [0.4, 0.5) is 0 Å². The summed E-state index contributed by atoms with van der Waals surface area (Å²) in [5, 5.41) is 3.01. The van der Waals surface area contributed by atoms with E-state index in [-0.39, 0.29) is 18.5 Å². The van der Waals surface area contributed by atoms with Crippen LogP contribution in [-0.4, -0.2) is 12.5 Å². The fourth-order valence-electron chi connectivity index (χ4n) is 2.35. The molecule has 1 unspecified atom stereocenters. The fourth-order valence-corrected chi connectivity index (χ4v) is 2.35. The average molecular weight is 233 g/mol. The monoisotopic (exact) mass is 233 g/mol. The van der Waals surface area contributed by atoms with Gasteiger partial charge in [-0.3, -0.25) is 4.79 Å². The Morgan fingerprint density at radius 1 is 1.47 bits per heavy atom. The second-order valence-corrected chi connectivity index (χ2v) is 4.60. The van der Waals surface area contributed by atoms with Crippen molar-refractivity contribution in [2.75, 3.05) is 6.54 Å². The number of fused-ring (bicyclic) bond motifs is 1. The number of rotatable bonds is 4. The molecular formula is C13H19N3O. The molecule has 0 saturated heterocycles. The molecule has 1 aromatic carbocycles. The van der Waals surface area contributed by atoms with Crippen LogP contribution in [-0.2, 0) is 17.8 Å². The van der Waals surface area contributed by atoms with E-state index >= 15 is 0 Å². The molecule has 1 atom stereocenters. The standard InChI is InChI=1S/C13H19N3O/c14-12-3-1-2-10-6-9(4-5-11(10)12)7-16-8-13(15)17/h4-6,12,16H,1-3,7-8,14H2,(H2,15,17). The van der Waals surface area contributed by atoms with E-state index in [2.05, 4.69) is 23.5 Å². The van der Waals surface area contributed by atoms with Crippen LogP contribution in [0.3, 0.4) is 0 Å². The van der Waals surface area contributed by atoms with Crippen molar-refractivity contribution in [3.63, 3.8) is 0 Å². The molecule has 92 valence electrons. The molecule has 1 aromatic rings. The van der Waals surface area contributed by atoms with Crippen molar-refractivity contribution in [2.24, 2.45) is 11.5 Å². The number of benzene rings is 1. The van der Waals surface area contributed by atoms with Crippen molar-refractivity contribution in [1.82, 2.24) is 5.32 Å². The van der Waals surface area contributed by atoms with Crippen molar-refractivity contribution in [3.8, 4) is 0 Å². The zero-order valence-electron chi connectivity index (χ0n) is 9.91. The summed E-state index contributed by atoms with van der Waals surface area (Å²) in [4.78, 5) is 10.6. The third-order valence-corrected chi connectivity index (χ3v) is 3.20. The van der Waals surface area contributed by atoms with Crippen LogP contribution in [0.15, 0.2) is 18.2 Å². The van der Waals surface area contributed by atoms with Crippen LogP contribution in [0, 0.1) is 0 Å². The van der Waals surface area contributed by atoms with Crippen molar-refractivity contribution < 1.29 is 4.79 Å². The molecule has 2 rings (SSSR count). The number of carbonyl (C=O) groups is 1. The Balaban J connectivity index is 2.03. The number of primary amides is 1. The maximum absolute atomic E-state index is 10.6. The second kappa shape index (κ2) is 5.29. The van der Waals surface area contributed by atoms with Crippen molar-refractivity contribution in [2.45, 2.75) is 31.8 Å². The molecule has 0 heterocycles. The normalized spacial score (nSPS) is 18.8. The molecule has 4 heteroatoms. The third-order valence-electron chi connectivity index (χ3n) is 3.20. The molecule has 0 aliphatic heterocycles. The van der Waals surface area contributed by atoms with Gasteiger partial charge in [-0.1, -0.05) is 18.2 Å². The molecule has 0 bridgehead atoms. The lowest BCUT2D eigenvalue weighted by Gasteiger charge is -2.22. The van der Waals surface area contributed by atoms with Crippen LogP contribution < -0.4 is 16.8 Å². The largest absolute Gasteiger partial charge is 0.369 e. The molecular weight excluding hydrogens is 214 g/mol. The first-order valence-corrected chi connectivity index (χ1v) is 6.03. The van der Waals surface area contributed by atoms with Gasteiger partial charge >= 0.3 is 0 Å². The Labute approximate surface area is 101 Å². The summed E-state index contributed by atoms with van der Waals surface area (Å²) < 4.78 is 0. The van der Waals surface area contributed by atoms with E-state index in [4.69, 9.17) is 11.5 Å². The number of nitrogens with one attached hydrogen (secondary N) is 1. The van der Waals surface area contributed by atoms with Crippen molar-refractivity contribution in [1.29, 1.82) is 0 Å². The number of hydrogen-bond donors (Lipinski definition) is 3. The molecule has 0 aromatic heterocycles. The molecule has 4 nitrogen and oxygen atoms in total. The van der Waals surface area contributed by atoms with Crippen molar-refractivity contribution in [3.05, 3.63) is 34.9 Å². The van der Waals surface area contributed by atoms with E-state index in [0.717, 1.165) is 19.3 Å². The maximum Gasteiger partial charge on any atom is 0.231 e. The minimum Gasteiger partial charge on any atom is -0.369 e. The summed E-state index contributed by atoms with van der Waals surface area (Å²) in [7, 11) is 0. The number of amides is 1. The Morgan fingerprint density at radius 3 is 3.06 bits per heavy atom. The first-order chi connectivity index (χ1) is 8.16. The highest BCUT2D eigenvalue weighted by atomic mass is 16.1. The second-order valence-electron chi connectivity index (χ2n) is 4.60. The van der Waals surface area contributed by atoms with Gasteiger partial charge in [0.25, 0.3) is 0 Å². The molecule has 1 amide bonds. The topological polar surface area (TPSA) is 81.1 Å². The van der Waals surface area contributed by atoms with Gasteiger partial charge in [0.1, 0.15) is 0 Å². The van der Waals surface area contributed by atoms with Gasteiger partial charge in [0.05, 0.1) is 6.54 Å². The molecule has 5 N–H and O–H groups in total. The van der Waals surface area contributed by atoms with Gasteiger partial charge in [-0.05, 0) is 36.0 Å². The highest BCUT2D eigenvalue weighted by Crippen LogP contribution is 2.28. The van der Waals surface area contributed by atoms with E-state index in [0.29, 0.717) is 6.54 Å². The minimum absolute atomic E-state index is 0.186. The first-order valence-electron chi connectivity index (χ1n) is 6.03. The first kappa shape index (κ1) is 12.1. The SMILES string of the molecule is NC(=O)CNCc1ccc2c(c1)CCCC2N. The van der Waals surface area contributed by atoms with E-state index in [1.165, 1.54) is 16.7 Å². The average Bonchev–Trinajstić information content (AvgIpc) is 2.29. The van der Waals surface area contributed by atoms with Crippen LogP contribution in [0.1, 0.15) is 35.6 Å². The maximum atomic E-state index is 10.6. The summed E-state index contributed by atoms with van der Waals surface area (Å²) in [6, 6.07) is 6.55. The molecule has 0 saturated carbocycles. The summed E-state index contributed by atoms with van der Waals surface area (Å²) in [6.07, 6.45) is 3.34. The molecule has 17 heavy (non-hydrogen) atoms. The lowest BCUT2D eigenvalue weighted by molar-refractivity contribution is -0.117. The zero-order chi connectivity index (χ0) is 12.3. The summed E-state index contributed by atoms with van der Waals surface area (Å²) in [5.41, 5.74) is 14.9. The van der Waals surface area contributed by atoms with E-state index in [1.54, 1.807) is 0 Å². The Morgan fingerprint density at radius 2 is 2.29 bits per heavy atom. The van der Waals surface area contributed by atoms with Gasteiger partial charge in [-0.2, -0.15) is 0 Å². The number of nitrogens with two attached hydrogens (primary N) is 2. The number of hydrogen-bond acceptors (Lipinski definition) is 3. The van der Waals surface area contributed by atoms with Gasteiger partial charge in [0.15, 0.2) is 0 Å². The molecule has 0 fully saturated rings. The van der Waals surface area contributed by atoms with Crippen LogP contribution in [0.25, 0.3) is 0 Å². The molecule has 0 spiro atoms. The summed E-state index contributed by atoms with van der Waals surface area (Å²) in [5.74, 6) is -0.329. The number of carbonyl (C=O) groups excluding carboxylic acids is 1. The van der Waals surface area contributed by atoms with Gasteiger partial charge in [-0.25, -0.2) is 0 Å². The highest BCUT2D eigenvalue weighted by Gasteiger charge is 2.16. The molecule has 1 aliphatic carbocycles. The number of aryl methyl sites for hydroxylation is 1. The summed E-state index contributed by atoms with van der Waals surface area (Å²) in [6.45, 7) is 0.891. The van der Waals surface area contributed by atoms with E-state index in [1.807, 2.05) is 0 Å². The Kier molecular flexibility index (Phi) is 3.76. The van der Waals surface area contributed by atoms with Gasteiger partial charge in [0.2, 0.25) is 5.91 Å². The molecule has 1 aliphatic rings. The minimum atomic E-state index is -0.329. The van der Waals surface area contributed by atoms with E-state index in [9.17, 15) is 4.79 Å². The Bertz CT molecular complexity index is 417. The summed E-state index contributed by atoms with van der Waals surface area (Å²) >= 11 is 0. The fraction of sp³-hybridized carbons (Fsp3) is 0.462. The quantitative estimate of drug-likeness (QED) is 0.712. The lowest BCUT2D eigenvalue weighted by atomic mass is 9.87. The Hall–Kier alpha value is -1.39. The predicted molar refractivity (Wildman–Crippen MR) is 67.2 cm³/mol. The van der Waals surface area contributed by atoms with Crippen molar-refractivity contribution >= 4 is 5.91 Å². The third kappa shape index (κ3) is 3.05. The molecule has 0 radical (unpaired) electrons. The van der Waals surface area contributed by atoms with Crippen LogP contribution in [0.5, 0.6) is 0 Å². The zero-order valence-corrected chi connectivity index (χ0v) is 9.91. The van der Waals surface area contributed by atoms with Crippen LogP contribution in [0.2, 0.25) is 0 Å².